The third-order valence-corrected chi connectivity index (χ3v) is 6.80. The van der Waals surface area contributed by atoms with Gasteiger partial charge in [-0.25, -0.2) is 8.78 Å². The number of nitrogens with zero attached hydrogens (tertiary/aromatic N) is 2. The van der Waals surface area contributed by atoms with Crippen LogP contribution in [0.5, 0.6) is 5.75 Å². The van der Waals surface area contributed by atoms with E-state index in [4.69, 9.17) is 0 Å². The fraction of sp³-hybridized carbons (Fsp3) is 0.409. The summed E-state index contributed by atoms with van der Waals surface area (Å²) in [5, 5.41) is 12.9. The minimum absolute atomic E-state index is 0.0564. The van der Waals surface area contributed by atoms with Crippen LogP contribution >= 0.6 is 0 Å². The SMILES string of the molecule is O=C(NCc1ccc(F)cc1F)c1cn2c(c(O)c1=O)C(=O)N1C[C@H]3CCC[C@]1(C3)C2. The monoisotopic (exact) mass is 429 g/mol. The number of benzene rings is 1. The number of carbonyl (C=O) groups is 2. The maximum atomic E-state index is 13.8. The van der Waals surface area contributed by atoms with Crippen LogP contribution < -0.4 is 10.7 Å². The average Bonchev–Trinajstić information content (AvgIpc) is 2.99. The van der Waals surface area contributed by atoms with Crippen LogP contribution in [0.2, 0.25) is 0 Å². The van der Waals surface area contributed by atoms with Gasteiger partial charge in [0.1, 0.15) is 17.2 Å². The summed E-state index contributed by atoms with van der Waals surface area (Å²) in [6, 6.07) is 2.98. The Morgan fingerprint density at radius 1 is 1.29 bits per heavy atom. The first kappa shape index (κ1) is 19.7. The molecule has 2 bridgehead atoms. The molecule has 1 saturated carbocycles. The number of amides is 2. The predicted octanol–water partition coefficient (Wildman–Crippen LogP) is 2.16. The van der Waals surface area contributed by atoms with Crippen LogP contribution in [0, 0.1) is 17.6 Å². The van der Waals surface area contributed by atoms with E-state index in [1.807, 2.05) is 0 Å². The standard InChI is InChI=1S/C22H21F2N3O4/c23-14-4-3-13(16(24)6-14)8-25-20(30)15-10-26-11-22-5-1-2-12(7-22)9-27(22)21(31)17(26)19(29)18(15)28/h3-4,6,10,12,29H,1-2,5,7-9,11H2,(H,25,30)/t12-,22-/m0/s1. The summed E-state index contributed by atoms with van der Waals surface area (Å²) in [4.78, 5) is 40.2. The van der Waals surface area contributed by atoms with Crippen molar-refractivity contribution in [1.82, 2.24) is 14.8 Å². The van der Waals surface area contributed by atoms with E-state index in [0.29, 0.717) is 25.1 Å². The van der Waals surface area contributed by atoms with Gasteiger partial charge in [0, 0.05) is 37.5 Å². The smallest absolute Gasteiger partial charge is 0.275 e. The molecule has 2 aromatic rings. The quantitative estimate of drug-likeness (QED) is 0.782. The zero-order valence-corrected chi connectivity index (χ0v) is 16.7. The van der Waals surface area contributed by atoms with Gasteiger partial charge in [0.05, 0.1) is 5.54 Å². The fourth-order valence-corrected chi connectivity index (χ4v) is 5.38. The van der Waals surface area contributed by atoms with Gasteiger partial charge in [-0.1, -0.05) is 12.5 Å². The van der Waals surface area contributed by atoms with Crippen molar-refractivity contribution in [3.63, 3.8) is 0 Å². The highest BCUT2D eigenvalue weighted by Gasteiger charge is 2.53. The van der Waals surface area contributed by atoms with E-state index in [2.05, 4.69) is 5.32 Å². The molecule has 5 rings (SSSR count). The molecular weight excluding hydrogens is 408 g/mol. The molecule has 1 aliphatic carbocycles. The summed E-state index contributed by atoms with van der Waals surface area (Å²) in [5.41, 5.74) is -1.66. The Morgan fingerprint density at radius 3 is 2.87 bits per heavy atom. The molecule has 1 spiro atoms. The van der Waals surface area contributed by atoms with Crippen LogP contribution in [-0.2, 0) is 13.1 Å². The summed E-state index contributed by atoms with van der Waals surface area (Å²) in [5.74, 6) is -3.08. The Labute approximate surface area is 176 Å². The fourth-order valence-electron chi connectivity index (χ4n) is 5.38. The Balaban J connectivity index is 1.46. The van der Waals surface area contributed by atoms with Crippen molar-refractivity contribution >= 4 is 11.8 Å². The Bertz CT molecular complexity index is 1180. The van der Waals surface area contributed by atoms with Crippen LogP contribution in [0.4, 0.5) is 8.78 Å². The largest absolute Gasteiger partial charge is 0.503 e. The molecule has 9 heteroatoms. The lowest BCUT2D eigenvalue weighted by Crippen LogP contribution is -2.55. The molecule has 2 N–H and O–H groups in total. The van der Waals surface area contributed by atoms with Crippen molar-refractivity contribution in [1.29, 1.82) is 0 Å². The van der Waals surface area contributed by atoms with Crippen LogP contribution in [-0.4, -0.2) is 38.5 Å². The molecule has 1 saturated heterocycles. The second kappa shape index (κ2) is 6.90. The van der Waals surface area contributed by atoms with Crippen LogP contribution in [0.1, 0.15) is 52.1 Å². The van der Waals surface area contributed by atoms with E-state index in [9.17, 15) is 28.3 Å². The molecular formula is C22H21F2N3O4. The van der Waals surface area contributed by atoms with Gasteiger partial charge >= 0.3 is 0 Å². The molecule has 162 valence electrons. The number of fused-ring (bicyclic) bond motifs is 2. The van der Waals surface area contributed by atoms with Crippen molar-refractivity contribution < 1.29 is 23.5 Å². The molecule has 2 amide bonds. The number of hydrogen-bond acceptors (Lipinski definition) is 4. The summed E-state index contributed by atoms with van der Waals surface area (Å²) in [7, 11) is 0. The van der Waals surface area contributed by atoms with Gasteiger partial charge in [-0.15, -0.1) is 0 Å². The maximum absolute atomic E-state index is 13.8. The molecule has 3 heterocycles. The third kappa shape index (κ3) is 3.02. The van der Waals surface area contributed by atoms with Crippen molar-refractivity contribution in [3.05, 3.63) is 63.1 Å². The van der Waals surface area contributed by atoms with Crippen LogP contribution in [0.3, 0.4) is 0 Å². The number of pyridine rings is 1. The van der Waals surface area contributed by atoms with E-state index < -0.39 is 28.7 Å². The number of nitrogens with one attached hydrogen (secondary N) is 1. The maximum Gasteiger partial charge on any atom is 0.275 e. The molecule has 1 aromatic carbocycles. The molecule has 2 aliphatic heterocycles. The van der Waals surface area contributed by atoms with Gasteiger partial charge in [0.15, 0.2) is 11.4 Å². The third-order valence-electron chi connectivity index (χ3n) is 6.80. The Morgan fingerprint density at radius 2 is 2.10 bits per heavy atom. The van der Waals surface area contributed by atoms with Gasteiger partial charge in [-0.2, -0.15) is 0 Å². The number of hydrogen-bond donors (Lipinski definition) is 2. The first-order valence-corrected chi connectivity index (χ1v) is 10.3. The van der Waals surface area contributed by atoms with Crippen LogP contribution in [0.25, 0.3) is 0 Å². The molecule has 1 aromatic heterocycles. The normalized spacial score (nSPS) is 24.0. The van der Waals surface area contributed by atoms with Crippen molar-refractivity contribution in [2.75, 3.05) is 6.54 Å². The molecule has 0 radical (unpaired) electrons. The summed E-state index contributed by atoms with van der Waals surface area (Å²) in [6.45, 7) is 0.772. The minimum atomic E-state index is -0.949. The van der Waals surface area contributed by atoms with Gasteiger partial charge in [0.2, 0.25) is 5.43 Å². The molecule has 2 atom stereocenters. The first-order valence-electron chi connectivity index (χ1n) is 10.3. The molecule has 0 unspecified atom stereocenters. The highest BCUT2D eigenvalue weighted by molar-refractivity contribution is 5.99. The van der Waals surface area contributed by atoms with E-state index in [1.165, 1.54) is 16.8 Å². The highest BCUT2D eigenvalue weighted by atomic mass is 19.1. The van der Waals surface area contributed by atoms with Gasteiger partial charge in [-0.3, -0.25) is 14.4 Å². The number of aromatic nitrogens is 1. The Hall–Kier alpha value is -3.23. The summed E-state index contributed by atoms with van der Waals surface area (Å²) < 4.78 is 28.4. The predicted molar refractivity (Wildman–Crippen MR) is 106 cm³/mol. The first-order chi connectivity index (χ1) is 14.8. The number of carbonyl (C=O) groups excluding carboxylic acids is 2. The molecule has 2 fully saturated rings. The lowest BCUT2D eigenvalue weighted by Gasteiger charge is -2.44. The lowest BCUT2D eigenvalue weighted by molar-refractivity contribution is 0.0419. The average molecular weight is 429 g/mol. The van der Waals surface area contributed by atoms with Crippen molar-refractivity contribution in [3.8, 4) is 5.75 Å². The second-order valence-corrected chi connectivity index (χ2v) is 8.72. The molecule has 3 aliphatic rings. The van der Waals surface area contributed by atoms with Crippen molar-refractivity contribution in [2.24, 2.45) is 5.92 Å². The van der Waals surface area contributed by atoms with Crippen LogP contribution in [0.15, 0.2) is 29.2 Å². The van der Waals surface area contributed by atoms with Gasteiger partial charge in [0.25, 0.3) is 11.8 Å². The van der Waals surface area contributed by atoms with E-state index >= 15 is 0 Å². The number of rotatable bonds is 3. The van der Waals surface area contributed by atoms with E-state index in [0.717, 1.165) is 31.7 Å². The topological polar surface area (TPSA) is 91.6 Å². The zero-order valence-electron chi connectivity index (χ0n) is 16.7. The minimum Gasteiger partial charge on any atom is -0.503 e. The molecule has 7 nitrogen and oxygen atoms in total. The van der Waals surface area contributed by atoms with Crippen molar-refractivity contribution in [2.45, 2.75) is 44.3 Å². The highest BCUT2D eigenvalue weighted by Crippen LogP contribution is 2.48. The zero-order chi connectivity index (χ0) is 21.9. The molecule has 31 heavy (non-hydrogen) atoms. The summed E-state index contributed by atoms with van der Waals surface area (Å²) in [6.07, 6.45) is 5.08. The van der Waals surface area contributed by atoms with E-state index in [-0.39, 0.29) is 34.8 Å². The lowest BCUT2D eigenvalue weighted by atomic mass is 9.79. The van der Waals surface area contributed by atoms with Gasteiger partial charge < -0.3 is 19.9 Å². The second-order valence-electron chi connectivity index (χ2n) is 8.72. The van der Waals surface area contributed by atoms with E-state index in [1.54, 1.807) is 4.90 Å². The number of halogens is 2. The Kier molecular flexibility index (Phi) is 4.39. The number of aromatic hydroxyl groups is 1. The summed E-state index contributed by atoms with van der Waals surface area (Å²) >= 11 is 0. The van der Waals surface area contributed by atoms with Gasteiger partial charge in [-0.05, 0) is 31.2 Å².